The van der Waals surface area contributed by atoms with Gasteiger partial charge in [-0.1, -0.05) is 12.8 Å². The van der Waals surface area contributed by atoms with E-state index in [0.29, 0.717) is 12.5 Å². The molecule has 2 fully saturated rings. The average Bonchev–Trinajstić information content (AvgIpc) is 2.86. The fourth-order valence-corrected chi connectivity index (χ4v) is 2.74. The maximum absolute atomic E-state index is 11.5. The Balaban J connectivity index is 1.84. The van der Waals surface area contributed by atoms with Gasteiger partial charge in [-0.05, 0) is 36.1 Å². The highest BCUT2D eigenvalue weighted by Crippen LogP contribution is 2.42. The van der Waals surface area contributed by atoms with Crippen LogP contribution >= 0.6 is 0 Å². The van der Waals surface area contributed by atoms with Crippen LogP contribution in [0.3, 0.4) is 0 Å². The molecule has 0 spiro atoms. The lowest BCUT2D eigenvalue weighted by Crippen LogP contribution is -2.33. The quantitative estimate of drug-likeness (QED) is 0.849. The van der Waals surface area contributed by atoms with Crippen LogP contribution in [0.2, 0.25) is 0 Å². The number of hydrogen-bond donors (Lipinski definition) is 1. The van der Waals surface area contributed by atoms with E-state index in [0.717, 1.165) is 44.3 Å². The van der Waals surface area contributed by atoms with Crippen molar-refractivity contribution in [3.63, 3.8) is 0 Å². The van der Waals surface area contributed by atoms with Crippen LogP contribution in [0.15, 0.2) is 0 Å². The van der Waals surface area contributed by atoms with E-state index in [4.69, 9.17) is 0 Å². The molecule has 1 aromatic heterocycles. The summed E-state index contributed by atoms with van der Waals surface area (Å²) in [5.74, 6) is 0.627. The smallest absolute Gasteiger partial charge is 0.311 e. The molecule has 0 bridgehead atoms. The lowest BCUT2D eigenvalue weighted by atomic mass is 9.86. The molecular weight excluding hydrogens is 220 g/mol. The summed E-state index contributed by atoms with van der Waals surface area (Å²) in [7, 11) is 0. The summed E-state index contributed by atoms with van der Waals surface area (Å²) in [6.45, 7) is 0.432. The second-order valence-corrected chi connectivity index (χ2v) is 5.26. The molecule has 1 heterocycles. The van der Waals surface area contributed by atoms with Crippen molar-refractivity contribution >= 4 is 5.97 Å². The molecule has 0 unspecified atom stereocenters. The van der Waals surface area contributed by atoms with Crippen molar-refractivity contribution in [3.8, 4) is 0 Å². The van der Waals surface area contributed by atoms with E-state index in [1.54, 1.807) is 4.68 Å². The SMILES string of the molecule is O=C(O)C1(Cn2nnnc2C2CC2)CCCC1. The molecule has 0 aromatic carbocycles. The van der Waals surface area contributed by atoms with Crippen LogP contribution in [0, 0.1) is 5.41 Å². The third kappa shape index (κ3) is 1.81. The van der Waals surface area contributed by atoms with Crippen LogP contribution in [-0.4, -0.2) is 31.3 Å². The number of nitrogens with zero attached hydrogens (tertiary/aromatic N) is 4. The van der Waals surface area contributed by atoms with Crippen molar-refractivity contribution in [1.29, 1.82) is 0 Å². The Labute approximate surface area is 99.0 Å². The van der Waals surface area contributed by atoms with Gasteiger partial charge >= 0.3 is 5.97 Å². The first kappa shape index (κ1) is 10.7. The molecule has 6 heteroatoms. The van der Waals surface area contributed by atoms with E-state index in [1.807, 2.05) is 0 Å². The molecule has 1 aromatic rings. The highest BCUT2D eigenvalue weighted by Gasteiger charge is 2.43. The first-order chi connectivity index (χ1) is 8.21. The van der Waals surface area contributed by atoms with Crippen LogP contribution in [0.5, 0.6) is 0 Å². The fraction of sp³-hybridized carbons (Fsp3) is 0.818. The Morgan fingerprint density at radius 3 is 2.71 bits per heavy atom. The van der Waals surface area contributed by atoms with Gasteiger partial charge in [0.05, 0.1) is 12.0 Å². The molecule has 0 radical (unpaired) electrons. The lowest BCUT2D eigenvalue weighted by Gasteiger charge is -2.23. The van der Waals surface area contributed by atoms with Crippen molar-refractivity contribution in [2.45, 2.75) is 51.0 Å². The minimum Gasteiger partial charge on any atom is -0.481 e. The molecule has 1 N–H and O–H groups in total. The number of aromatic nitrogens is 4. The highest BCUT2D eigenvalue weighted by atomic mass is 16.4. The molecule has 3 rings (SSSR count). The summed E-state index contributed by atoms with van der Waals surface area (Å²) in [6.07, 6.45) is 5.72. The number of aliphatic carboxylic acids is 1. The van der Waals surface area contributed by atoms with Gasteiger partial charge in [-0.2, -0.15) is 0 Å². The zero-order valence-corrected chi connectivity index (χ0v) is 9.67. The summed E-state index contributed by atoms with van der Waals surface area (Å²) in [5.41, 5.74) is -0.640. The van der Waals surface area contributed by atoms with Crippen molar-refractivity contribution < 1.29 is 9.90 Å². The Hall–Kier alpha value is -1.46. The van der Waals surface area contributed by atoms with Gasteiger partial charge in [0.15, 0.2) is 5.82 Å². The van der Waals surface area contributed by atoms with Gasteiger partial charge in [0.1, 0.15) is 0 Å². The second kappa shape index (κ2) is 3.78. The van der Waals surface area contributed by atoms with Crippen LogP contribution in [0.1, 0.15) is 50.3 Å². The number of carboxylic acid groups (broad SMARTS) is 1. The number of rotatable bonds is 4. The molecule has 0 saturated heterocycles. The predicted molar refractivity (Wildman–Crippen MR) is 58.3 cm³/mol. The minimum atomic E-state index is -0.702. The van der Waals surface area contributed by atoms with Gasteiger partial charge in [0, 0.05) is 5.92 Å². The average molecular weight is 236 g/mol. The molecule has 6 nitrogen and oxygen atoms in total. The van der Waals surface area contributed by atoms with Gasteiger partial charge < -0.3 is 5.11 Å². The van der Waals surface area contributed by atoms with E-state index in [-0.39, 0.29) is 0 Å². The molecule has 92 valence electrons. The zero-order valence-electron chi connectivity index (χ0n) is 9.67. The number of hydrogen-bond acceptors (Lipinski definition) is 4. The maximum Gasteiger partial charge on any atom is 0.311 e. The summed E-state index contributed by atoms with van der Waals surface area (Å²) >= 11 is 0. The number of tetrazole rings is 1. The van der Waals surface area contributed by atoms with Crippen LogP contribution in [0.25, 0.3) is 0 Å². The van der Waals surface area contributed by atoms with Crippen molar-refractivity contribution in [3.05, 3.63) is 5.82 Å². The van der Waals surface area contributed by atoms with Crippen molar-refractivity contribution in [1.82, 2.24) is 20.2 Å². The van der Waals surface area contributed by atoms with Crippen LogP contribution in [0.4, 0.5) is 0 Å². The van der Waals surface area contributed by atoms with E-state index in [2.05, 4.69) is 15.5 Å². The molecule has 2 aliphatic rings. The third-order valence-electron chi connectivity index (χ3n) is 3.97. The molecule has 0 amide bonds. The van der Waals surface area contributed by atoms with E-state index in [1.165, 1.54) is 0 Å². The zero-order chi connectivity index (χ0) is 11.9. The van der Waals surface area contributed by atoms with Gasteiger partial charge in [-0.3, -0.25) is 4.79 Å². The van der Waals surface area contributed by atoms with Gasteiger partial charge in [0.25, 0.3) is 0 Å². The predicted octanol–water partition coefficient (Wildman–Crippen LogP) is 1.20. The Morgan fingerprint density at radius 2 is 2.12 bits per heavy atom. The lowest BCUT2D eigenvalue weighted by molar-refractivity contribution is -0.149. The minimum absolute atomic E-state index is 0.432. The Kier molecular flexibility index (Phi) is 2.38. The first-order valence-corrected chi connectivity index (χ1v) is 6.21. The molecular formula is C11H16N4O2. The summed E-state index contributed by atoms with van der Waals surface area (Å²) in [6, 6.07) is 0. The topological polar surface area (TPSA) is 80.9 Å². The fourth-order valence-electron chi connectivity index (χ4n) is 2.74. The summed E-state index contributed by atoms with van der Waals surface area (Å²) < 4.78 is 1.72. The van der Waals surface area contributed by atoms with E-state index >= 15 is 0 Å². The molecule has 0 atom stereocenters. The number of carbonyl (C=O) groups is 1. The van der Waals surface area contributed by atoms with Gasteiger partial charge in [-0.15, -0.1) is 5.10 Å². The molecule has 2 aliphatic carbocycles. The maximum atomic E-state index is 11.5. The molecule has 2 saturated carbocycles. The van der Waals surface area contributed by atoms with Gasteiger partial charge in [0.2, 0.25) is 0 Å². The third-order valence-corrected chi connectivity index (χ3v) is 3.97. The Bertz CT molecular complexity index is 432. The normalized spacial score (nSPS) is 22.8. The van der Waals surface area contributed by atoms with Crippen molar-refractivity contribution in [2.24, 2.45) is 5.41 Å². The van der Waals surface area contributed by atoms with Crippen molar-refractivity contribution in [2.75, 3.05) is 0 Å². The first-order valence-electron chi connectivity index (χ1n) is 6.21. The van der Waals surface area contributed by atoms with E-state index in [9.17, 15) is 9.90 Å². The van der Waals surface area contributed by atoms with Crippen LogP contribution in [-0.2, 0) is 11.3 Å². The monoisotopic (exact) mass is 236 g/mol. The molecule has 0 aliphatic heterocycles. The van der Waals surface area contributed by atoms with Gasteiger partial charge in [-0.25, -0.2) is 4.68 Å². The largest absolute Gasteiger partial charge is 0.481 e. The number of carboxylic acids is 1. The standard InChI is InChI=1S/C11H16N4O2/c16-10(17)11(5-1-2-6-11)7-15-9(8-3-4-8)12-13-14-15/h8H,1-7H2,(H,16,17). The Morgan fingerprint density at radius 1 is 1.41 bits per heavy atom. The van der Waals surface area contributed by atoms with Crippen LogP contribution < -0.4 is 0 Å². The molecule has 17 heavy (non-hydrogen) atoms. The highest BCUT2D eigenvalue weighted by molar-refractivity contribution is 5.74. The second-order valence-electron chi connectivity index (χ2n) is 5.26. The summed E-state index contributed by atoms with van der Waals surface area (Å²) in [5, 5.41) is 21.1. The summed E-state index contributed by atoms with van der Waals surface area (Å²) in [4.78, 5) is 11.5. The van der Waals surface area contributed by atoms with E-state index < -0.39 is 11.4 Å².